The topological polar surface area (TPSA) is 111 Å². The second-order valence-electron chi connectivity index (χ2n) is 8.11. The summed E-state index contributed by atoms with van der Waals surface area (Å²) in [6.45, 7) is 3.02. The van der Waals surface area contributed by atoms with Crippen molar-refractivity contribution >= 4 is 29.0 Å². The summed E-state index contributed by atoms with van der Waals surface area (Å²) in [5, 5.41) is 20.0. The highest BCUT2D eigenvalue weighted by atomic mass is 19.1. The first-order chi connectivity index (χ1) is 14.8. The second kappa shape index (κ2) is 7.12. The van der Waals surface area contributed by atoms with Gasteiger partial charge in [0.05, 0.1) is 17.8 Å². The van der Waals surface area contributed by atoms with Crippen molar-refractivity contribution in [1.82, 2.24) is 10.2 Å². The van der Waals surface area contributed by atoms with Crippen molar-refractivity contribution in [3.05, 3.63) is 29.2 Å². The third-order valence-corrected chi connectivity index (χ3v) is 5.96. The number of nitrogens with one attached hydrogen (secondary N) is 1. The zero-order chi connectivity index (χ0) is 21.9. The number of benzene rings is 1. The number of anilines is 3. The molecule has 3 aliphatic heterocycles. The number of Topliss-reactive ketones (excluding diaryl/α,β-unsaturated/α-hetero) is 1. The van der Waals surface area contributed by atoms with Crippen LogP contribution in [0.15, 0.2) is 16.7 Å². The van der Waals surface area contributed by atoms with Crippen LogP contribution in [-0.4, -0.2) is 66.5 Å². The quantitative estimate of drug-likeness (QED) is 0.694. The molecule has 2 atom stereocenters. The zero-order valence-electron chi connectivity index (χ0n) is 17.1. The van der Waals surface area contributed by atoms with Gasteiger partial charge in [0.25, 0.3) is 0 Å². The minimum atomic E-state index is -1.25. The molecule has 2 aromatic rings. The Morgan fingerprint density at radius 1 is 1.32 bits per heavy atom. The molecule has 3 aliphatic rings. The molecular formula is C20H22FN5O5. The van der Waals surface area contributed by atoms with Gasteiger partial charge in [0, 0.05) is 32.2 Å². The fourth-order valence-electron chi connectivity index (χ4n) is 4.46. The summed E-state index contributed by atoms with van der Waals surface area (Å²) in [5.74, 6) is -2.85. The van der Waals surface area contributed by atoms with Gasteiger partial charge in [-0.25, -0.2) is 4.39 Å². The number of hydrogen-bond donors (Lipinski definition) is 2. The van der Waals surface area contributed by atoms with Gasteiger partial charge in [0.15, 0.2) is 24.1 Å². The van der Waals surface area contributed by atoms with Gasteiger partial charge in [-0.15, -0.1) is 0 Å². The SMILES string of the molecule is Cc1cc(N[C@@H]2CCN(c3c(F)cc4c5c3OCN(C)N5CC(C(=O)O)C4=O)C2)on1. The van der Waals surface area contributed by atoms with Gasteiger partial charge >= 0.3 is 5.97 Å². The number of rotatable bonds is 4. The number of carbonyl (C=O) groups is 2. The molecule has 1 unspecified atom stereocenters. The lowest BCUT2D eigenvalue weighted by Crippen LogP contribution is -2.53. The van der Waals surface area contributed by atoms with Crippen LogP contribution in [0.25, 0.3) is 0 Å². The smallest absolute Gasteiger partial charge is 0.316 e. The summed E-state index contributed by atoms with van der Waals surface area (Å²) in [6, 6.07) is 2.96. The minimum absolute atomic E-state index is 0.0197. The van der Waals surface area contributed by atoms with Crippen molar-refractivity contribution in [3.8, 4) is 5.75 Å². The number of hydrogen-bond acceptors (Lipinski definition) is 9. The van der Waals surface area contributed by atoms with Gasteiger partial charge in [-0.2, -0.15) is 5.01 Å². The van der Waals surface area contributed by atoms with Crippen LogP contribution in [0.2, 0.25) is 0 Å². The maximum atomic E-state index is 15.3. The predicted octanol–water partition coefficient (Wildman–Crippen LogP) is 1.71. The normalized spacial score (nSPS) is 23.0. The third kappa shape index (κ3) is 3.16. The molecule has 11 heteroatoms. The molecule has 31 heavy (non-hydrogen) atoms. The van der Waals surface area contributed by atoms with Crippen molar-refractivity contribution in [2.24, 2.45) is 5.92 Å². The number of aromatic nitrogens is 1. The lowest BCUT2D eigenvalue weighted by atomic mass is 9.90. The Morgan fingerprint density at radius 3 is 2.84 bits per heavy atom. The zero-order valence-corrected chi connectivity index (χ0v) is 17.1. The van der Waals surface area contributed by atoms with Crippen LogP contribution < -0.4 is 20.0 Å². The van der Waals surface area contributed by atoms with Crippen molar-refractivity contribution < 1.29 is 28.3 Å². The fraction of sp³-hybridized carbons (Fsp3) is 0.450. The van der Waals surface area contributed by atoms with Gasteiger partial charge in [-0.1, -0.05) is 5.16 Å². The number of ketones is 1. The van der Waals surface area contributed by atoms with Crippen molar-refractivity contribution in [1.29, 1.82) is 0 Å². The highest BCUT2D eigenvalue weighted by Crippen LogP contribution is 2.48. The molecule has 164 valence electrons. The van der Waals surface area contributed by atoms with E-state index in [0.717, 1.165) is 18.2 Å². The van der Waals surface area contributed by atoms with E-state index < -0.39 is 23.5 Å². The van der Waals surface area contributed by atoms with Gasteiger partial charge in [0.2, 0.25) is 5.88 Å². The largest absolute Gasteiger partial charge is 0.481 e. The van der Waals surface area contributed by atoms with Crippen molar-refractivity contribution in [3.63, 3.8) is 0 Å². The van der Waals surface area contributed by atoms with Gasteiger partial charge < -0.3 is 24.6 Å². The van der Waals surface area contributed by atoms with Crippen LogP contribution in [0.4, 0.5) is 21.6 Å². The first-order valence-electron chi connectivity index (χ1n) is 10.0. The summed E-state index contributed by atoms with van der Waals surface area (Å²) in [6.07, 6.45) is 0.749. The van der Waals surface area contributed by atoms with Crippen LogP contribution in [0, 0.1) is 18.7 Å². The summed E-state index contributed by atoms with van der Waals surface area (Å²) in [5.41, 5.74) is 1.52. The molecular weight excluding hydrogens is 409 g/mol. The van der Waals surface area contributed by atoms with Gasteiger partial charge in [-0.05, 0) is 19.4 Å². The number of aliphatic carboxylic acids is 1. The van der Waals surface area contributed by atoms with E-state index in [1.807, 2.05) is 11.8 Å². The Kier molecular flexibility index (Phi) is 4.50. The van der Waals surface area contributed by atoms with Crippen LogP contribution in [-0.2, 0) is 4.79 Å². The number of hydrazine groups is 1. The molecule has 0 amide bonds. The van der Waals surface area contributed by atoms with E-state index in [1.54, 1.807) is 23.1 Å². The number of ether oxygens (including phenoxy) is 1. The molecule has 0 bridgehead atoms. The number of aryl methyl sites for hydroxylation is 1. The summed E-state index contributed by atoms with van der Waals surface area (Å²) >= 11 is 0. The molecule has 1 fully saturated rings. The van der Waals surface area contributed by atoms with Gasteiger partial charge in [-0.3, -0.25) is 14.6 Å². The average Bonchev–Trinajstić information content (AvgIpc) is 3.34. The molecule has 5 rings (SSSR count). The molecule has 4 heterocycles. The van der Waals surface area contributed by atoms with Crippen molar-refractivity contribution in [2.75, 3.05) is 48.6 Å². The predicted molar refractivity (Wildman–Crippen MR) is 108 cm³/mol. The van der Waals surface area contributed by atoms with Crippen LogP contribution in [0.5, 0.6) is 5.75 Å². The molecule has 0 radical (unpaired) electrons. The average molecular weight is 431 g/mol. The molecule has 0 saturated carbocycles. The Balaban J connectivity index is 1.49. The lowest BCUT2D eigenvalue weighted by Gasteiger charge is -2.44. The maximum Gasteiger partial charge on any atom is 0.316 e. The third-order valence-electron chi connectivity index (χ3n) is 5.96. The number of nitrogens with zero attached hydrogens (tertiary/aromatic N) is 4. The molecule has 0 spiro atoms. The number of carboxylic acid groups (broad SMARTS) is 1. The summed E-state index contributed by atoms with van der Waals surface area (Å²) in [7, 11) is 1.74. The Labute approximate surface area is 177 Å². The molecule has 0 aliphatic carbocycles. The van der Waals surface area contributed by atoms with Crippen molar-refractivity contribution in [2.45, 2.75) is 19.4 Å². The van der Waals surface area contributed by atoms with Crippen LogP contribution >= 0.6 is 0 Å². The Morgan fingerprint density at radius 2 is 2.13 bits per heavy atom. The number of carbonyl (C=O) groups excluding carboxylic acids is 1. The summed E-state index contributed by atoms with van der Waals surface area (Å²) in [4.78, 5) is 26.2. The van der Waals surface area contributed by atoms with E-state index in [2.05, 4.69) is 10.5 Å². The molecule has 2 N–H and O–H groups in total. The first kappa shape index (κ1) is 19.6. The maximum absolute atomic E-state index is 15.3. The monoisotopic (exact) mass is 431 g/mol. The van der Waals surface area contributed by atoms with E-state index in [-0.39, 0.29) is 36.3 Å². The fourth-order valence-corrected chi connectivity index (χ4v) is 4.46. The molecule has 1 aromatic carbocycles. The standard InChI is InChI=1S/C20H22FN5O5/c1-10-5-15(31-23-10)22-11-3-4-25(7-11)17-14(21)6-12-16-19(17)30-9-24(2)26(16)8-13(18(12)27)20(28)29/h5-6,11,13,22H,3-4,7-9H2,1-2H3,(H,28,29)/t11-,13?/m1/s1. The van der Waals surface area contributed by atoms with E-state index in [9.17, 15) is 14.7 Å². The number of carboxylic acids is 1. The van der Waals surface area contributed by atoms with E-state index in [1.165, 1.54) is 0 Å². The number of halogens is 1. The minimum Gasteiger partial charge on any atom is -0.481 e. The Hall–Kier alpha value is -3.34. The van der Waals surface area contributed by atoms with E-state index in [4.69, 9.17) is 9.26 Å². The van der Waals surface area contributed by atoms with Gasteiger partial charge in [0.1, 0.15) is 17.3 Å². The second-order valence-corrected chi connectivity index (χ2v) is 8.11. The van der Waals surface area contributed by atoms with Crippen LogP contribution in [0.3, 0.4) is 0 Å². The van der Waals surface area contributed by atoms with E-state index >= 15 is 4.39 Å². The first-order valence-corrected chi connectivity index (χ1v) is 10.0. The molecule has 10 nitrogen and oxygen atoms in total. The highest BCUT2D eigenvalue weighted by Gasteiger charge is 2.44. The van der Waals surface area contributed by atoms with Crippen LogP contribution in [0.1, 0.15) is 22.5 Å². The Bertz CT molecular complexity index is 1070. The van der Waals surface area contributed by atoms with E-state index in [0.29, 0.717) is 24.7 Å². The molecule has 1 aromatic heterocycles. The molecule has 1 saturated heterocycles. The lowest BCUT2D eigenvalue weighted by molar-refractivity contribution is -0.140. The summed E-state index contributed by atoms with van der Waals surface area (Å²) < 4.78 is 26.4. The highest BCUT2D eigenvalue weighted by molar-refractivity contribution is 6.14.